The number of ether oxygens (including phenoxy) is 1. The Labute approximate surface area is 295 Å². The van der Waals surface area contributed by atoms with Crippen molar-refractivity contribution in [2.24, 2.45) is 11.8 Å². The van der Waals surface area contributed by atoms with Gasteiger partial charge in [0.25, 0.3) is 0 Å². The summed E-state index contributed by atoms with van der Waals surface area (Å²) in [5, 5.41) is 0. The lowest BCUT2D eigenvalue weighted by Gasteiger charge is -2.40. The third-order valence-electron chi connectivity index (χ3n) is 10.7. The molecule has 8 heteroatoms. The minimum Gasteiger partial charge on any atom is -0.377 e. The monoisotopic (exact) mass is 668 g/mol. The Morgan fingerprint density at radius 2 is 1.00 bits per heavy atom. The van der Waals surface area contributed by atoms with Gasteiger partial charge in [0.2, 0.25) is 0 Å². The molecule has 0 bridgehead atoms. The Kier molecular flexibility index (Phi) is 25.2. The van der Waals surface area contributed by atoms with Crippen molar-refractivity contribution in [1.29, 1.82) is 0 Å². The van der Waals surface area contributed by atoms with Crippen LogP contribution in [-0.4, -0.2) is 184 Å². The normalized spacial score (nSPS) is 22.2. The fourth-order valence-electron chi connectivity index (χ4n) is 7.00. The smallest absolute Gasteiger partial charge is 0.0596 e. The summed E-state index contributed by atoms with van der Waals surface area (Å²) < 4.78 is 5.64. The van der Waals surface area contributed by atoms with Gasteiger partial charge in [-0.25, -0.2) is 0 Å². The first-order chi connectivity index (χ1) is 22.6. The highest BCUT2D eigenvalue weighted by molar-refractivity contribution is 4.80. The second kappa shape index (κ2) is 26.5. The molecule has 8 nitrogen and oxygen atoms in total. The van der Waals surface area contributed by atoms with Crippen molar-refractivity contribution in [3.05, 3.63) is 0 Å². The number of nitrogens with zero attached hydrogens (tertiary/aromatic N) is 7. The minimum atomic E-state index is 0.362. The van der Waals surface area contributed by atoms with Gasteiger partial charge in [-0.05, 0) is 119 Å². The Morgan fingerprint density at radius 1 is 0.574 bits per heavy atom. The second-order valence-electron chi connectivity index (χ2n) is 15.1. The summed E-state index contributed by atoms with van der Waals surface area (Å²) in [6, 6.07) is 1.38. The van der Waals surface area contributed by atoms with E-state index in [1.165, 1.54) is 130 Å². The fourth-order valence-corrected chi connectivity index (χ4v) is 7.00. The predicted molar refractivity (Wildman–Crippen MR) is 207 cm³/mol. The van der Waals surface area contributed by atoms with Gasteiger partial charge in [0.05, 0.1) is 12.7 Å². The highest BCUT2D eigenvalue weighted by Gasteiger charge is 2.25. The molecule has 0 saturated carbocycles. The first-order valence-electron chi connectivity index (χ1n) is 20.2. The van der Waals surface area contributed by atoms with Crippen molar-refractivity contribution in [2.75, 3.05) is 132 Å². The number of piperazine rings is 2. The van der Waals surface area contributed by atoms with E-state index in [0.29, 0.717) is 18.2 Å². The maximum absolute atomic E-state index is 5.64. The molecule has 0 aromatic heterocycles. The molecule has 0 aromatic rings. The molecule has 4 fully saturated rings. The number of piperidine rings is 2. The van der Waals surface area contributed by atoms with Gasteiger partial charge in [-0.15, -0.1) is 0 Å². The van der Waals surface area contributed by atoms with Crippen LogP contribution in [0.1, 0.15) is 94.9 Å². The van der Waals surface area contributed by atoms with E-state index in [1.807, 2.05) is 27.7 Å². The highest BCUT2D eigenvalue weighted by Crippen LogP contribution is 2.20. The molecule has 0 N–H and O–H groups in total. The molecule has 0 atom stereocenters. The molecule has 4 aliphatic rings. The number of rotatable bonds is 13. The predicted octanol–water partition coefficient (Wildman–Crippen LogP) is 5.49. The molecule has 0 radical (unpaired) electrons. The number of likely N-dealkylation sites (N-methyl/N-ethyl adjacent to an activating group) is 1. The lowest BCUT2D eigenvalue weighted by atomic mass is 9.96. The largest absolute Gasteiger partial charge is 0.377 e. The average Bonchev–Trinajstić information content (AvgIpc) is 3.08. The van der Waals surface area contributed by atoms with Gasteiger partial charge < -0.3 is 29.2 Å². The van der Waals surface area contributed by atoms with Crippen LogP contribution < -0.4 is 0 Å². The van der Waals surface area contributed by atoms with E-state index in [9.17, 15) is 0 Å². The molecular formula is C39H85N7O. The van der Waals surface area contributed by atoms with Crippen LogP contribution in [0.4, 0.5) is 0 Å². The third-order valence-corrected chi connectivity index (χ3v) is 10.7. The first kappa shape index (κ1) is 44.7. The van der Waals surface area contributed by atoms with E-state index in [-0.39, 0.29) is 0 Å². The molecule has 282 valence electrons. The summed E-state index contributed by atoms with van der Waals surface area (Å²) in [6.45, 7) is 43.7. The maximum Gasteiger partial charge on any atom is 0.0596 e. The zero-order valence-electron chi connectivity index (χ0n) is 34.0. The van der Waals surface area contributed by atoms with Gasteiger partial charge in [0.1, 0.15) is 0 Å². The second-order valence-corrected chi connectivity index (χ2v) is 15.1. The Hall–Kier alpha value is -0.320. The van der Waals surface area contributed by atoms with Crippen LogP contribution in [0.5, 0.6) is 0 Å². The number of hydrogen-bond donors (Lipinski definition) is 0. The minimum absolute atomic E-state index is 0.362. The summed E-state index contributed by atoms with van der Waals surface area (Å²) >= 11 is 0. The molecule has 0 aromatic carbocycles. The zero-order valence-corrected chi connectivity index (χ0v) is 34.0. The van der Waals surface area contributed by atoms with Crippen molar-refractivity contribution >= 4 is 0 Å². The van der Waals surface area contributed by atoms with E-state index < -0.39 is 0 Å². The number of likely N-dealkylation sites (tertiary alicyclic amines) is 2. The van der Waals surface area contributed by atoms with Crippen LogP contribution in [0, 0.1) is 11.8 Å². The molecule has 4 heterocycles. The Bertz CT molecular complexity index is 691. The van der Waals surface area contributed by atoms with E-state index >= 15 is 0 Å². The Balaban J connectivity index is 0.000000428. The van der Waals surface area contributed by atoms with E-state index in [0.717, 1.165) is 25.0 Å². The number of hydrogen-bond acceptors (Lipinski definition) is 8. The standard InChI is InChI=1S/C19H40N4.C16H33N3O.2C2H6/c1-17(2)20(5)10-11-21-8-6-19(7-9-21)16-22-12-14-23(15-13-22)18(3)4;1-15(2)20-13-12-18-8-10-19(11-9-18)14-16-4-6-17(3)7-5-16;2*1-2/h17-19H,6-16H2,1-5H3;15-16H,4-14H2,1-3H3;2*1-2H3. The van der Waals surface area contributed by atoms with Crippen LogP contribution in [0.2, 0.25) is 0 Å². The molecule has 0 unspecified atom stereocenters. The van der Waals surface area contributed by atoms with Gasteiger partial charge in [0.15, 0.2) is 0 Å². The summed E-state index contributed by atoms with van der Waals surface area (Å²) in [4.78, 5) is 18.1. The summed E-state index contributed by atoms with van der Waals surface area (Å²) in [5.74, 6) is 1.86. The summed E-state index contributed by atoms with van der Waals surface area (Å²) in [5.41, 5.74) is 0. The van der Waals surface area contributed by atoms with Crippen molar-refractivity contribution in [3.63, 3.8) is 0 Å². The third kappa shape index (κ3) is 19.6. The molecule has 4 aliphatic heterocycles. The van der Waals surface area contributed by atoms with Gasteiger partial charge in [0, 0.05) is 97.2 Å². The average molecular weight is 668 g/mol. The van der Waals surface area contributed by atoms with Crippen molar-refractivity contribution in [3.8, 4) is 0 Å². The van der Waals surface area contributed by atoms with Crippen molar-refractivity contribution in [2.45, 2.75) is 113 Å². The van der Waals surface area contributed by atoms with Crippen LogP contribution in [-0.2, 0) is 4.74 Å². The van der Waals surface area contributed by atoms with Gasteiger partial charge >= 0.3 is 0 Å². The SMILES string of the molecule is CC.CC.CC(C)N(C)CCN1CCC(CN2CCN(C(C)C)CC2)CC1.CC(C)OCCN1CCN(CC2CCN(C)CC2)CC1. The van der Waals surface area contributed by atoms with Crippen LogP contribution in [0.25, 0.3) is 0 Å². The Morgan fingerprint density at radius 3 is 1.45 bits per heavy atom. The van der Waals surface area contributed by atoms with E-state index in [1.54, 1.807) is 0 Å². The lowest BCUT2D eigenvalue weighted by Crippen LogP contribution is -2.50. The lowest BCUT2D eigenvalue weighted by molar-refractivity contribution is 0.0406. The quantitative estimate of drug-likeness (QED) is 0.255. The van der Waals surface area contributed by atoms with Gasteiger partial charge in [-0.3, -0.25) is 9.80 Å². The van der Waals surface area contributed by atoms with E-state index in [4.69, 9.17) is 4.74 Å². The molecule has 4 rings (SSSR count). The van der Waals surface area contributed by atoms with Crippen LogP contribution >= 0.6 is 0 Å². The molecule has 0 aliphatic carbocycles. The summed E-state index contributed by atoms with van der Waals surface area (Å²) in [6.07, 6.45) is 5.93. The fraction of sp³-hybridized carbons (Fsp3) is 1.00. The zero-order chi connectivity index (χ0) is 35.2. The summed E-state index contributed by atoms with van der Waals surface area (Å²) in [7, 11) is 4.49. The highest BCUT2D eigenvalue weighted by atomic mass is 16.5. The molecular weight excluding hydrogens is 582 g/mol. The van der Waals surface area contributed by atoms with Gasteiger partial charge in [-0.1, -0.05) is 27.7 Å². The molecule has 0 amide bonds. The van der Waals surface area contributed by atoms with Crippen molar-refractivity contribution in [1.82, 2.24) is 34.3 Å². The van der Waals surface area contributed by atoms with Crippen molar-refractivity contribution < 1.29 is 4.74 Å². The van der Waals surface area contributed by atoms with Gasteiger partial charge in [-0.2, -0.15) is 0 Å². The topological polar surface area (TPSA) is 31.9 Å². The molecule has 0 spiro atoms. The van der Waals surface area contributed by atoms with E-state index in [2.05, 4.69) is 89.9 Å². The molecule has 4 saturated heterocycles. The van der Waals surface area contributed by atoms with Crippen LogP contribution in [0.3, 0.4) is 0 Å². The molecule has 47 heavy (non-hydrogen) atoms. The first-order valence-corrected chi connectivity index (χ1v) is 20.2. The van der Waals surface area contributed by atoms with Crippen LogP contribution in [0.15, 0.2) is 0 Å². The maximum atomic E-state index is 5.64.